The maximum absolute atomic E-state index is 11.5. The van der Waals surface area contributed by atoms with Crippen LogP contribution in [0.5, 0.6) is 0 Å². The number of hydrogen-bond acceptors (Lipinski definition) is 4. The van der Waals surface area contributed by atoms with Gasteiger partial charge in [0.2, 0.25) is 0 Å². The van der Waals surface area contributed by atoms with Crippen molar-refractivity contribution in [3.63, 3.8) is 0 Å². The molecule has 0 atom stereocenters. The van der Waals surface area contributed by atoms with Crippen molar-refractivity contribution in [1.82, 2.24) is 4.98 Å². The Morgan fingerprint density at radius 2 is 1.55 bits per heavy atom. The van der Waals surface area contributed by atoms with Gasteiger partial charge in [-0.2, -0.15) is 0 Å². The number of ketones is 1. The molecule has 0 aliphatic heterocycles. The van der Waals surface area contributed by atoms with Crippen LogP contribution in [0.25, 0.3) is 44.0 Å². The smallest absolute Gasteiger partial charge is 0.164 e. The van der Waals surface area contributed by atoms with Crippen molar-refractivity contribution in [2.75, 3.05) is 0 Å². The minimum absolute atomic E-state index is 0. The normalized spacial score (nSPS) is 16.0. The van der Waals surface area contributed by atoms with Gasteiger partial charge in [-0.25, -0.2) is 0 Å². The number of aliphatic hydroxyl groups is 1. The number of pyridine rings is 1. The average Bonchev–Trinajstić information content (AvgIpc) is 3.34. The second-order valence-electron chi connectivity index (χ2n) is 16.5. The zero-order valence-electron chi connectivity index (χ0n) is 30.2. The van der Waals surface area contributed by atoms with Gasteiger partial charge in [-0.3, -0.25) is 9.78 Å². The van der Waals surface area contributed by atoms with E-state index in [2.05, 4.69) is 90.1 Å². The molecule has 2 heterocycles. The van der Waals surface area contributed by atoms with Crippen molar-refractivity contribution in [1.29, 1.82) is 0 Å². The van der Waals surface area contributed by atoms with Crippen LogP contribution in [0.2, 0.25) is 0 Å². The van der Waals surface area contributed by atoms with Gasteiger partial charge in [-0.15, -0.1) is 29.1 Å². The molecule has 5 aromatic rings. The number of benzene rings is 3. The van der Waals surface area contributed by atoms with Crippen molar-refractivity contribution >= 4 is 38.5 Å². The Morgan fingerprint density at radius 1 is 0.915 bits per heavy atom. The third-order valence-corrected chi connectivity index (χ3v) is 9.72. The van der Waals surface area contributed by atoms with Crippen LogP contribution in [0.4, 0.5) is 0 Å². The zero-order valence-corrected chi connectivity index (χ0v) is 32.5. The van der Waals surface area contributed by atoms with Crippen LogP contribution < -0.4 is 0 Å². The SMILES string of the molecule is CC(C)(C)C(=O)/C=C(\O)C(C)(C)C.Cc1cc(-c2nccc3c2oc2cc4c(c(C)c23)C(C)(C)CCC4(C)C)[c-]c2ccccc12.[Ir]. The summed E-state index contributed by atoms with van der Waals surface area (Å²) >= 11 is 0. The molecule has 3 aromatic carbocycles. The number of aromatic nitrogens is 1. The Bertz CT molecular complexity index is 2010. The minimum atomic E-state index is -0.417. The molecule has 4 nitrogen and oxygen atoms in total. The monoisotopic (exact) mass is 809 g/mol. The molecule has 0 saturated carbocycles. The topological polar surface area (TPSA) is 63.3 Å². The summed E-state index contributed by atoms with van der Waals surface area (Å²) in [6.45, 7) is 25.1. The van der Waals surface area contributed by atoms with E-state index in [0.29, 0.717) is 0 Å². The molecule has 0 fully saturated rings. The minimum Gasteiger partial charge on any atom is -0.512 e. The Morgan fingerprint density at radius 3 is 2.19 bits per heavy atom. The van der Waals surface area contributed by atoms with Gasteiger partial charge in [0.15, 0.2) is 5.78 Å². The molecule has 0 amide bonds. The third kappa shape index (κ3) is 6.99. The standard InChI is InChI=1S/C31H30NO.C11H20O2.Ir/c1-18-15-21(16-20-9-7-8-10-22(18)20)28-29-23(11-14-32-28)26-19(2)27-24(17-25(26)33-29)30(3,4)12-13-31(27,5)6;1-10(2,3)8(12)7-9(13)11(4,5)6;/h7-11,14-15,17H,12-13H2,1-6H3;7,12H,1-6H3;/q-1;;/b;8-7-;. The molecule has 251 valence electrons. The number of rotatable bonds is 2. The Kier molecular flexibility index (Phi) is 9.83. The molecule has 0 bridgehead atoms. The molecule has 0 spiro atoms. The van der Waals surface area contributed by atoms with E-state index < -0.39 is 5.41 Å². The van der Waals surface area contributed by atoms with Crippen LogP contribution in [0, 0.1) is 30.7 Å². The van der Waals surface area contributed by atoms with Crippen LogP contribution in [-0.2, 0) is 35.7 Å². The Hall–Kier alpha value is -3.27. The van der Waals surface area contributed by atoms with Crippen LogP contribution in [0.15, 0.2) is 64.9 Å². The largest absolute Gasteiger partial charge is 0.512 e. The van der Waals surface area contributed by atoms with Gasteiger partial charge < -0.3 is 9.52 Å². The van der Waals surface area contributed by atoms with E-state index in [1.165, 1.54) is 51.9 Å². The summed E-state index contributed by atoms with van der Waals surface area (Å²) in [7, 11) is 0. The number of hydrogen-bond donors (Lipinski definition) is 1. The first-order valence-electron chi connectivity index (χ1n) is 16.5. The van der Waals surface area contributed by atoms with Crippen LogP contribution >= 0.6 is 0 Å². The van der Waals surface area contributed by atoms with Gasteiger partial charge in [0, 0.05) is 59.7 Å². The number of nitrogens with zero attached hydrogens (tertiary/aromatic N) is 1. The van der Waals surface area contributed by atoms with E-state index in [9.17, 15) is 9.90 Å². The number of furan rings is 1. The van der Waals surface area contributed by atoms with E-state index in [-0.39, 0.29) is 47.9 Å². The summed E-state index contributed by atoms with van der Waals surface area (Å²) in [4.78, 5) is 16.3. The van der Waals surface area contributed by atoms with Gasteiger partial charge in [0.05, 0.1) is 0 Å². The first kappa shape index (κ1) is 36.6. The van der Waals surface area contributed by atoms with Crippen LogP contribution in [-0.4, -0.2) is 15.9 Å². The average molecular weight is 809 g/mol. The number of allylic oxidation sites excluding steroid dienone is 2. The van der Waals surface area contributed by atoms with E-state index >= 15 is 0 Å². The van der Waals surface area contributed by atoms with Gasteiger partial charge in [-0.1, -0.05) is 105 Å². The zero-order chi connectivity index (χ0) is 34.0. The second-order valence-corrected chi connectivity index (χ2v) is 16.5. The third-order valence-electron chi connectivity index (χ3n) is 9.72. The fourth-order valence-electron chi connectivity index (χ4n) is 6.64. The van der Waals surface area contributed by atoms with E-state index in [0.717, 1.165) is 33.2 Å². The summed E-state index contributed by atoms with van der Waals surface area (Å²) in [6, 6.07) is 18.6. The second kappa shape index (κ2) is 12.6. The molecule has 1 N–H and O–H groups in total. The predicted octanol–water partition coefficient (Wildman–Crippen LogP) is 11.7. The van der Waals surface area contributed by atoms with Crippen LogP contribution in [0.1, 0.15) is 104 Å². The van der Waals surface area contributed by atoms with Gasteiger partial charge in [0.1, 0.15) is 16.9 Å². The molecule has 1 radical (unpaired) electrons. The fourth-order valence-corrected chi connectivity index (χ4v) is 6.64. The number of carbonyl (C=O) groups excluding carboxylic acids is 1. The number of fused-ring (bicyclic) bond motifs is 5. The first-order chi connectivity index (χ1) is 21.2. The molecular weight excluding hydrogens is 759 g/mol. The van der Waals surface area contributed by atoms with Crippen molar-refractivity contribution in [3.8, 4) is 11.3 Å². The first-order valence-corrected chi connectivity index (χ1v) is 16.5. The molecule has 2 aromatic heterocycles. The molecule has 5 heteroatoms. The van der Waals surface area contributed by atoms with E-state index in [4.69, 9.17) is 9.40 Å². The van der Waals surface area contributed by atoms with Crippen molar-refractivity contribution in [3.05, 3.63) is 88.8 Å². The summed E-state index contributed by atoms with van der Waals surface area (Å²) in [5.74, 6) is 0.104. The molecule has 0 saturated heterocycles. The summed E-state index contributed by atoms with van der Waals surface area (Å²) in [5, 5.41) is 14.3. The Balaban J connectivity index is 0.000000307. The number of aryl methyl sites for hydroxylation is 2. The predicted molar refractivity (Wildman–Crippen MR) is 193 cm³/mol. The molecule has 47 heavy (non-hydrogen) atoms. The van der Waals surface area contributed by atoms with E-state index in [1.54, 1.807) is 0 Å². The van der Waals surface area contributed by atoms with Gasteiger partial charge in [-0.05, 0) is 59.4 Å². The number of aliphatic hydroxyl groups excluding tert-OH is 1. The molecule has 1 aliphatic rings. The molecule has 6 rings (SSSR count). The van der Waals surface area contributed by atoms with Gasteiger partial charge in [0.25, 0.3) is 0 Å². The number of carbonyl (C=O) groups is 1. The van der Waals surface area contributed by atoms with Crippen LogP contribution in [0.3, 0.4) is 0 Å². The molecule has 1 aliphatic carbocycles. The van der Waals surface area contributed by atoms with Gasteiger partial charge >= 0.3 is 0 Å². The Labute approximate surface area is 294 Å². The van der Waals surface area contributed by atoms with Crippen molar-refractivity contribution in [2.24, 2.45) is 10.8 Å². The summed E-state index contributed by atoms with van der Waals surface area (Å²) in [5.41, 5.74) is 8.75. The quantitative estimate of drug-likeness (QED) is 0.110. The van der Waals surface area contributed by atoms with Crippen molar-refractivity contribution in [2.45, 2.75) is 107 Å². The van der Waals surface area contributed by atoms with E-state index in [1.807, 2.05) is 47.7 Å². The summed E-state index contributed by atoms with van der Waals surface area (Å²) in [6.07, 6.45) is 5.64. The van der Waals surface area contributed by atoms with Crippen molar-refractivity contribution < 1.29 is 34.4 Å². The maximum Gasteiger partial charge on any atom is 0.164 e. The molecular formula is C42H50IrNO3-. The molecule has 0 unspecified atom stereocenters. The summed E-state index contributed by atoms with van der Waals surface area (Å²) < 4.78 is 6.62. The maximum atomic E-state index is 11.5. The fraction of sp³-hybridized carbons (Fsp3) is 0.429.